The molecule has 2 aromatic heterocycles. The summed E-state index contributed by atoms with van der Waals surface area (Å²) in [6.07, 6.45) is 3.62. The van der Waals surface area contributed by atoms with Crippen molar-refractivity contribution >= 4 is 33.7 Å². The van der Waals surface area contributed by atoms with Gasteiger partial charge in [0.2, 0.25) is 0 Å². The minimum absolute atomic E-state index is 0.201. The van der Waals surface area contributed by atoms with Gasteiger partial charge in [0.05, 0.1) is 18.6 Å². The van der Waals surface area contributed by atoms with Gasteiger partial charge in [-0.2, -0.15) is 0 Å². The predicted molar refractivity (Wildman–Crippen MR) is 109 cm³/mol. The van der Waals surface area contributed by atoms with Gasteiger partial charge < -0.3 is 13.6 Å². The van der Waals surface area contributed by atoms with Crippen LogP contribution in [-0.4, -0.2) is 11.4 Å². The van der Waals surface area contributed by atoms with Gasteiger partial charge in [0.25, 0.3) is 0 Å². The van der Waals surface area contributed by atoms with E-state index in [0.29, 0.717) is 5.25 Å². The van der Waals surface area contributed by atoms with Crippen LogP contribution in [0.25, 0.3) is 21.9 Å². The summed E-state index contributed by atoms with van der Waals surface area (Å²) in [5.74, 6) is 0.859. The Hall–Kier alpha value is -2.33. The molecule has 0 spiro atoms. The first kappa shape index (κ1) is 18.5. The van der Waals surface area contributed by atoms with Crippen LogP contribution in [0.1, 0.15) is 27.7 Å². The van der Waals surface area contributed by atoms with E-state index in [1.165, 1.54) is 10.3 Å². The third-order valence-corrected chi connectivity index (χ3v) is 4.60. The maximum Gasteiger partial charge on any atom is 0.137 e. The molecule has 0 N–H and O–H groups in total. The third-order valence-electron chi connectivity index (χ3n) is 3.60. The normalized spacial score (nSPS) is 11.2. The van der Waals surface area contributed by atoms with Gasteiger partial charge in [-0.1, -0.05) is 19.9 Å². The number of rotatable bonds is 4. The number of fused-ring (bicyclic) bond motifs is 2. The van der Waals surface area contributed by atoms with Crippen LogP contribution in [0.3, 0.4) is 0 Å². The van der Waals surface area contributed by atoms with Crippen molar-refractivity contribution in [2.45, 2.75) is 43.9 Å². The first-order chi connectivity index (χ1) is 12.5. The Morgan fingerprint density at radius 2 is 1.38 bits per heavy atom. The average Bonchev–Trinajstić information content (AvgIpc) is 3.22. The molecule has 0 aliphatic rings. The van der Waals surface area contributed by atoms with Crippen LogP contribution < -0.4 is 4.74 Å². The van der Waals surface area contributed by atoms with Gasteiger partial charge in [-0.3, -0.25) is 0 Å². The first-order valence-corrected chi connectivity index (χ1v) is 9.67. The van der Waals surface area contributed by atoms with Crippen LogP contribution in [0, 0.1) is 0 Å². The largest absolute Gasteiger partial charge is 0.491 e. The van der Waals surface area contributed by atoms with Crippen LogP contribution in [0.2, 0.25) is 0 Å². The van der Waals surface area contributed by atoms with E-state index in [1.54, 1.807) is 12.5 Å². The molecular weight excluding hydrogens is 344 g/mol. The zero-order valence-corrected chi connectivity index (χ0v) is 16.4. The molecule has 0 bridgehead atoms. The second-order valence-electron chi connectivity index (χ2n) is 6.57. The van der Waals surface area contributed by atoms with E-state index in [2.05, 4.69) is 32.0 Å². The summed E-state index contributed by atoms with van der Waals surface area (Å²) in [5.41, 5.74) is 1.85. The Kier molecular flexibility index (Phi) is 5.94. The molecular formula is C22H24O3S. The molecule has 26 heavy (non-hydrogen) atoms. The topological polar surface area (TPSA) is 35.5 Å². The van der Waals surface area contributed by atoms with Crippen LogP contribution in [-0.2, 0) is 0 Å². The van der Waals surface area contributed by atoms with Crippen LogP contribution >= 0.6 is 11.8 Å². The van der Waals surface area contributed by atoms with Crippen molar-refractivity contribution in [1.82, 2.24) is 0 Å². The van der Waals surface area contributed by atoms with Gasteiger partial charge in [0, 0.05) is 27.0 Å². The lowest BCUT2D eigenvalue weighted by Crippen LogP contribution is -2.04. The second-order valence-corrected chi connectivity index (χ2v) is 8.22. The minimum Gasteiger partial charge on any atom is -0.491 e. The lowest BCUT2D eigenvalue weighted by molar-refractivity contribution is 0.242. The monoisotopic (exact) mass is 368 g/mol. The molecule has 0 amide bonds. The van der Waals surface area contributed by atoms with Gasteiger partial charge in [-0.25, -0.2) is 0 Å². The Labute approximate surface area is 158 Å². The minimum atomic E-state index is 0.201. The van der Waals surface area contributed by atoms with Crippen molar-refractivity contribution in [3.05, 3.63) is 61.1 Å². The molecule has 0 fully saturated rings. The lowest BCUT2D eigenvalue weighted by Gasteiger charge is -2.08. The van der Waals surface area contributed by atoms with Gasteiger partial charge in [-0.05, 0) is 50.2 Å². The number of ether oxygens (including phenoxy) is 1. The van der Waals surface area contributed by atoms with Crippen molar-refractivity contribution in [1.29, 1.82) is 0 Å². The first-order valence-electron chi connectivity index (χ1n) is 8.79. The zero-order chi connectivity index (χ0) is 18.5. The lowest BCUT2D eigenvalue weighted by atomic mass is 10.2. The molecule has 2 aromatic carbocycles. The summed E-state index contributed by atoms with van der Waals surface area (Å²) in [6.45, 7) is 8.40. The molecule has 0 saturated carbocycles. The quantitative estimate of drug-likeness (QED) is 0.358. The fourth-order valence-corrected chi connectivity index (χ4v) is 3.43. The highest BCUT2D eigenvalue weighted by Crippen LogP contribution is 2.27. The Bertz CT molecular complexity index is 886. The molecule has 4 rings (SSSR count). The van der Waals surface area contributed by atoms with Crippen LogP contribution in [0.4, 0.5) is 0 Å². The second kappa shape index (κ2) is 8.37. The molecule has 4 heteroatoms. The van der Waals surface area contributed by atoms with E-state index in [-0.39, 0.29) is 6.10 Å². The highest BCUT2D eigenvalue weighted by atomic mass is 32.2. The number of benzene rings is 2. The summed E-state index contributed by atoms with van der Waals surface area (Å²) < 4.78 is 16.1. The number of hydrogen-bond acceptors (Lipinski definition) is 4. The summed E-state index contributed by atoms with van der Waals surface area (Å²) in [4.78, 5) is 1.28. The van der Waals surface area contributed by atoms with Crippen LogP contribution in [0.15, 0.2) is 74.8 Å². The van der Waals surface area contributed by atoms with Crippen molar-refractivity contribution in [3.8, 4) is 5.75 Å². The van der Waals surface area contributed by atoms with E-state index in [4.69, 9.17) is 13.6 Å². The van der Waals surface area contributed by atoms with Crippen molar-refractivity contribution in [2.24, 2.45) is 0 Å². The SMILES string of the molecule is CC(C)Oc1ccc2ccoc2c1.CC(C)Sc1ccc2ccoc2c1. The molecule has 3 nitrogen and oxygen atoms in total. The van der Waals surface area contributed by atoms with E-state index in [9.17, 15) is 0 Å². The van der Waals surface area contributed by atoms with Gasteiger partial charge in [0.15, 0.2) is 0 Å². The molecule has 136 valence electrons. The molecule has 0 saturated heterocycles. The third kappa shape index (κ3) is 4.85. The Morgan fingerprint density at radius 1 is 0.769 bits per heavy atom. The zero-order valence-electron chi connectivity index (χ0n) is 15.6. The molecule has 0 atom stereocenters. The number of thioether (sulfide) groups is 1. The van der Waals surface area contributed by atoms with Crippen molar-refractivity contribution in [3.63, 3.8) is 0 Å². The van der Waals surface area contributed by atoms with Crippen molar-refractivity contribution < 1.29 is 13.6 Å². The van der Waals surface area contributed by atoms with E-state index >= 15 is 0 Å². The summed E-state index contributed by atoms with van der Waals surface area (Å²) in [5, 5.41) is 2.90. The average molecular weight is 368 g/mol. The fraction of sp³-hybridized carbons (Fsp3) is 0.273. The molecule has 2 heterocycles. The predicted octanol–water partition coefficient (Wildman–Crippen LogP) is 7.15. The van der Waals surface area contributed by atoms with Crippen molar-refractivity contribution in [2.75, 3.05) is 0 Å². The maximum atomic E-state index is 5.53. The smallest absolute Gasteiger partial charge is 0.137 e. The molecule has 4 aromatic rings. The maximum absolute atomic E-state index is 5.53. The van der Waals surface area contributed by atoms with Gasteiger partial charge in [0.1, 0.15) is 16.9 Å². The molecule has 0 aliphatic carbocycles. The highest BCUT2D eigenvalue weighted by molar-refractivity contribution is 7.99. The summed E-state index contributed by atoms with van der Waals surface area (Å²) in [6, 6.07) is 16.1. The Morgan fingerprint density at radius 3 is 2.00 bits per heavy atom. The molecule has 0 unspecified atom stereocenters. The van der Waals surface area contributed by atoms with Gasteiger partial charge >= 0.3 is 0 Å². The standard InChI is InChI=1S/C11H12O2.C11H12OS/c2*1-8(2)13-10-4-3-9-5-6-12-11(9)7-10/h2*3-8H,1-2H3. The number of hydrogen-bond donors (Lipinski definition) is 0. The van der Waals surface area contributed by atoms with E-state index in [1.807, 2.05) is 55.9 Å². The van der Waals surface area contributed by atoms with E-state index < -0.39 is 0 Å². The summed E-state index contributed by atoms with van der Waals surface area (Å²) in [7, 11) is 0. The molecule has 0 aliphatic heterocycles. The molecule has 0 radical (unpaired) electrons. The summed E-state index contributed by atoms with van der Waals surface area (Å²) >= 11 is 1.86. The fourth-order valence-electron chi connectivity index (χ4n) is 2.56. The van der Waals surface area contributed by atoms with Gasteiger partial charge in [-0.15, -0.1) is 11.8 Å². The number of furan rings is 2. The van der Waals surface area contributed by atoms with E-state index in [0.717, 1.165) is 22.3 Å². The Balaban J connectivity index is 0.000000151. The highest BCUT2D eigenvalue weighted by Gasteiger charge is 2.02. The van der Waals surface area contributed by atoms with Crippen LogP contribution in [0.5, 0.6) is 5.75 Å².